The summed E-state index contributed by atoms with van der Waals surface area (Å²) in [5.41, 5.74) is 2.20. The van der Waals surface area contributed by atoms with E-state index in [1.54, 1.807) is 38.1 Å². The van der Waals surface area contributed by atoms with E-state index in [0.717, 1.165) is 24.0 Å². The summed E-state index contributed by atoms with van der Waals surface area (Å²) in [7, 11) is -7.46. The summed E-state index contributed by atoms with van der Waals surface area (Å²) < 4.78 is 56.4. The van der Waals surface area contributed by atoms with Crippen LogP contribution in [0.1, 0.15) is 52.7 Å². The Morgan fingerprint density at radius 2 is 0.941 bits per heavy atom. The Kier molecular flexibility index (Phi) is 8.28. The van der Waals surface area contributed by atoms with Gasteiger partial charge in [0.1, 0.15) is 0 Å². The van der Waals surface area contributed by atoms with Crippen molar-refractivity contribution in [1.29, 1.82) is 0 Å². The highest BCUT2D eigenvalue weighted by molar-refractivity contribution is 7.89. The predicted molar refractivity (Wildman–Crippen MR) is 137 cm³/mol. The summed E-state index contributed by atoms with van der Waals surface area (Å²) in [5, 5.41) is 0. The molecule has 8 heteroatoms. The summed E-state index contributed by atoms with van der Waals surface area (Å²) in [5.74, 6) is 0.981. The fourth-order valence-corrected chi connectivity index (χ4v) is 7.95. The van der Waals surface area contributed by atoms with Crippen LogP contribution in [0.5, 0.6) is 0 Å². The topological polar surface area (TPSA) is 74.8 Å². The van der Waals surface area contributed by atoms with Crippen LogP contribution >= 0.6 is 0 Å². The van der Waals surface area contributed by atoms with E-state index in [1.807, 2.05) is 24.3 Å². The lowest BCUT2D eigenvalue weighted by Crippen LogP contribution is -2.59. The summed E-state index contributed by atoms with van der Waals surface area (Å²) >= 11 is 0. The largest absolute Gasteiger partial charge is 0.243 e. The third-order valence-corrected chi connectivity index (χ3v) is 10.2. The second-order valence-corrected chi connectivity index (χ2v) is 14.1. The van der Waals surface area contributed by atoms with Gasteiger partial charge in [-0.15, -0.1) is 0 Å². The van der Waals surface area contributed by atoms with Crippen LogP contribution in [0.4, 0.5) is 0 Å². The summed E-state index contributed by atoms with van der Waals surface area (Å²) in [4.78, 5) is 0.493. The molecule has 0 amide bonds. The van der Waals surface area contributed by atoms with Gasteiger partial charge in [0.25, 0.3) is 0 Å². The standard InChI is InChI=1S/C26H38N2O4S2/c1-19(2)15-23-7-11-25(12-8-23)33(29,30)27-17-22(6)28(18-21(27)5)34(31,32)26-13-9-24(10-14-26)16-20(3)4/h7-14,19-22H,15-18H2,1-6H3/t21-,22+. The first-order chi connectivity index (χ1) is 15.8. The molecule has 6 nitrogen and oxygen atoms in total. The second kappa shape index (κ2) is 10.5. The quantitative estimate of drug-likeness (QED) is 0.526. The molecule has 188 valence electrons. The third kappa shape index (κ3) is 5.90. The van der Waals surface area contributed by atoms with Gasteiger partial charge >= 0.3 is 0 Å². The van der Waals surface area contributed by atoms with Gasteiger partial charge in [-0.05, 0) is 73.9 Å². The van der Waals surface area contributed by atoms with E-state index < -0.39 is 32.1 Å². The highest BCUT2D eigenvalue weighted by Gasteiger charge is 2.41. The molecular formula is C26H38N2O4S2. The van der Waals surface area contributed by atoms with Crippen molar-refractivity contribution in [3.8, 4) is 0 Å². The number of hydrogen-bond donors (Lipinski definition) is 0. The fraction of sp³-hybridized carbons (Fsp3) is 0.538. The Hall–Kier alpha value is -1.74. The van der Waals surface area contributed by atoms with Gasteiger partial charge in [0.15, 0.2) is 0 Å². The maximum Gasteiger partial charge on any atom is 0.243 e. The number of benzene rings is 2. The first-order valence-corrected chi connectivity index (χ1v) is 14.9. The van der Waals surface area contributed by atoms with Gasteiger partial charge in [0, 0.05) is 25.2 Å². The van der Waals surface area contributed by atoms with E-state index >= 15 is 0 Å². The van der Waals surface area contributed by atoms with Crippen molar-refractivity contribution in [3.63, 3.8) is 0 Å². The van der Waals surface area contributed by atoms with Crippen molar-refractivity contribution < 1.29 is 16.8 Å². The Bertz CT molecular complexity index is 1080. The van der Waals surface area contributed by atoms with Gasteiger partial charge < -0.3 is 0 Å². The fourth-order valence-electron chi connectivity index (χ4n) is 4.54. The van der Waals surface area contributed by atoms with Crippen LogP contribution in [-0.2, 0) is 32.9 Å². The molecule has 3 rings (SSSR count). The van der Waals surface area contributed by atoms with E-state index in [9.17, 15) is 16.8 Å². The average molecular weight is 507 g/mol. The number of rotatable bonds is 8. The number of piperazine rings is 1. The zero-order chi connectivity index (χ0) is 25.3. The van der Waals surface area contributed by atoms with Crippen LogP contribution in [0.15, 0.2) is 58.3 Å². The SMILES string of the molecule is CC(C)Cc1ccc(S(=O)(=O)N2C[C@H](C)N(S(=O)(=O)c3ccc(CC(C)C)cc3)C[C@H]2C)cc1. The molecule has 2 aromatic carbocycles. The Morgan fingerprint density at radius 3 is 1.21 bits per heavy atom. The molecule has 0 spiro atoms. The zero-order valence-electron chi connectivity index (χ0n) is 21.1. The highest BCUT2D eigenvalue weighted by atomic mass is 32.2. The molecule has 0 radical (unpaired) electrons. The molecule has 1 aliphatic heterocycles. The number of sulfonamides is 2. The first kappa shape index (κ1) is 26.9. The van der Waals surface area contributed by atoms with Gasteiger partial charge in [0.05, 0.1) is 9.79 Å². The van der Waals surface area contributed by atoms with Crippen LogP contribution in [0.2, 0.25) is 0 Å². The van der Waals surface area contributed by atoms with Crippen LogP contribution in [-0.4, -0.2) is 50.6 Å². The monoisotopic (exact) mass is 506 g/mol. The van der Waals surface area contributed by atoms with Crippen LogP contribution in [0.25, 0.3) is 0 Å². The molecule has 0 bridgehead atoms. The molecule has 0 aliphatic carbocycles. The van der Waals surface area contributed by atoms with Gasteiger partial charge in [-0.3, -0.25) is 0 Å². The van der Waals surface area contributed by atoms with Crippen molar-refractivity contribution in [3.05, 3.63) is 59.7 Å². The molecule has 1 fully saturated rings. The second-order valence-electron chi connectivity index (χ2n) is 10.3. The average Bonchev–Trinajstić information content (AvgIpc) is 2.75. The zero-order valence-corrected chi connectivity index (χ0v) is 22.7. The minimum absolute atomic E-state index is 0.113. The molecule has 1 heterocycles. The molecule has 0 unspecified atom stereocenters. The van der Waals surface area contributed by atoms with Gasteiger partial charge in [0.2, 0.25) is 20.0 Å². The van der Waals surface area contributed by atoms with Crippen molar-refractivity contribution in [2.75, 3.05) is 13.1 Å². The van der Waals surface area contributed by atoms with Crippen LogP contribution < -0.4 is 0 Å². The smallest absolute Gasteiger partial charge is 0.207 e. The van der Waals surface area contributed by atoms with Crippen molar-refractivity contribution in [2.45, 2.75) is 76.3 Å². The molecule has 0 aromatic heterocycles. The van der Waals surface area contributed by atoms with Gasteiger partial charge in [-0.2, -0.15) is 8.61 Å². The lowest BCUT2D eigenvalue weighted by Gasteiger charge is -2.42. The Balaban J connectivity index is 1.79. The first-order valence-electron chi connectivity index (χ1n) is 12.0. The molecule has 0 saturated carbocycles. The number of hydrogen-bond acceptors (Lipinski definition) is 4. The maximum atomic E-state index is 13.4. The van der Waals surface area contributed by atoms with E-state index in [2.05, 4.69) is 27.7 Å². The molecular weight excluding hydrogens is 468 g/mol. The Morgan fingerprint density at radius 1 is 0.647 bits per heavy atom. The molecule has 2 atom stereocenters. The van der Waals surface area contributed by atoms with Crippen LogP contribution in [0, 0.1) is 11.8 Å². The number of nitrogens with zero attached hydrogens (tertiary/aromatic N) is 2. The van der Waals surface area contributed by atoms with E-state index in [4.69, 9.17) is 0 Å². The summed E-state index contributed by atoms with van der Waals surface area (Å²) in [6, 6.07) is 13.1. The minimum atomic E-state index is -3.73. The molecule has 1 aliphatic rings. The molecule has 1 saturated heterocycles. The van der Waals surface area contributed by atoms with E-state index in [1.165, 1.54) is 8.61 Å². The van der Waals surface area contributed by atoms with E-state index in [0.29, 0.717) is 11.8 Å². The predicted octanol–water partition coefficient (Wildman–Crippen LogP) is 4.56. The lowest BCUT2D eigenvalue weighted by atomic mass is 10.0. The molecule has 34 heavy (non-hydrogen) atoms. The Labute approximate surface area is 206 Å². The minimum Gasteiger partial charge on any atom is -0.207 e. The van der Waals surface area contributed by atoms with Crippen LogP contribution in [0.3, 0.4) is 0 Å². The van der Waals surface area contributed by atoms with Crippen molar-refractivity contribution >= 4 is 20.0 Å². The van der Waals surface area contributed by atoms with Gasteiger partial charge in [-0.25, -0.2) is 16.8 Å². The van der Waals surface area contributed by atoms with Gasteiger partial charge in [-0.1, -0.05) is 52.0 Å². The van der Waals surface area contributed by atoms with E-state index in [-0.39, 0.29) is 22.9 Å². The summed E-state index contributed by atoms with van der Waals surface area (Å²) in [6.45, 7) is 12.3. The third-order valence-electron chi connectivity index (χ3n) is 6.22. The highest BCUT2D eigenvalue weighted by Crippen LogP contribution is 2.29. The lowest BCUT2D eigenvalue weighted by molar-refractivity contribution is 0.163. The summed E-state index contributed by atoms with van der Waals surface area (Å²) in [6.07, 6.45) is 1.78. The maximum absolute atomic E-state index is 13.4. The van der Waals surface area contributed by atoms with Crippen molar-refractivity contribution in [1.82, 2.24) is 8.61 Å². The van der Waals surface area contributed by atoms with Crippen molar-refractivity contribution in [2.24, 2.45) is 11.8 Å². The molecule has 2 aromatic rings. The molecule has 0 N–H and O–H groups in total. The normalized spacial score (nSPS) is 20.8.